The van der Waals surface area contributed by atoms with E-state index in [1.54, 1.807) is 0 Å². The first-order chi connectivity index (χ1) is 6.92. The zero-order valence-electron chi connectivity index (χ0n) is 7.34. The Morgan fingerprint density at radius 3 is 2.53 bits per heavy atom. The molecule has 1 aromatic rings. The van der Waals surface area contributed by atoms with Crippen LogP contribution in [0.3, 0.4) is 0 Å². The summed E-state index contributed by atoms with van der Waals surface area (Å²) in [5, 5.41) is 0. The molecular weight excluding hydrogens is 216 g/mol. The van der Waals surface area contributed by atoms with Gasteiger partial charge in [-0.25, -0.2) is 4.39 Å². The van der Waals surface area contributed by atoms with E-state index in [0.29, 0.717) is 0 Å². The van der Waals surface area contributed by atoms with Gasteiger partial charge in [-0.05, 0) is 18.2 Å². The minimum absolute atomic E-state index is 0.198. The third-order valence-electron chi connectivity index (χ3n) is 1.50. The largest absolute Gasteiger partial charge is 0.484 e. The number of alkyl halides is 3. The maximum absolute atomic E-state index is 12.7. The summed E-state index contributed by atoms with van der Waals surface area (Å²) in [4.78, 5) is 10.3. The van der Waals surface area contributed by atoms with Crippen molar-refractivity contribution in [2.45, 2.75) is 6.18 Å². The van der Waals surface area contributed by atoms with Gasteiger partial charge >= 0.3 is 6.18 Å². The van der Waals surface area contributed by atoms with Crippen LogP contribution in [0.2, 0.25) is 0 Å². The Balaban J connectivity index is 2.75. The Kier molecular flexibility index (Phi) is 3.28. The predicted molar refractivity (Wildman–Crippen MR) is 43.3 cm³/mol. The Morgan fingerprint density at radius 2 is 2.00 bits per heavy atom. The van der Waals surface area contributed by atoms with Gasteiger partial charge in [0.2, 0.25) is 0 Å². The second-order valence-electron chi connectivity index (χ2n) is 2.71. The SMILES string of the molecule is O=Cc1cc(OCC(F)(F)F)ccc1F. The van der Waals surface area contributed by atoms with E-state index in [2.05, 4.69) is 4.74 Å². The molecular formula is C9H6F4O2. The van der Waals surface area contributed by atoms with Gasteiger partial charge < -0.3 is 4.74 Å². The Labute approximate surface area is 82.5 Å². The van der Waals surface area contributed by atoms with E-state index in [0.717, 1.165) is 18.2 Å². The monoisotopic (exact) mass is 222 g/mol. The minimum atomic E-state index is -4.46. The number of hydrogen-bond donors (Lipinski definition) is 0. The van der Waals surface area contributed by atoms with Crippen LogP contribution in [0.25, 0.3) is 0 Å². The van der Waals surface area contributed by atoms with Gasteiger partial charge in [0.1, 0.15) is 11.6 Å². The van der Waals surface area contributed by atoms with E-state index in [-0.39, 0.29) is 17.6 Å². The van der Waals surface area contributed by atoms with Crippen molar-refractivity contribution in [2.75, 3.05) is 6.61 Å². The molecule has 0 spiro atoms. The summed E-state index contributed by atoms with van der Waals surface area (Å²) in [6.45, 7) is -1.48. The number of benzene rings is 1. The molecule has 82 valence electrons. The first-order valence-corrected chi connectivity index (χ1v) is 3.86. The molecule has 0 unspecified atom stereocenters. The van der Waals surface area contributed by atoms with Crippen LogP contribution in [0.15, 0.2) is 18.2 Å². The molecule has 6 heteroatoms. The van der Waals surface area contributed by atoms with Gasteiger partial charge in [0.15, 0.2) is 12.9 Å². The van der Waals surface area contributed by atoms with Crippen molar-refractivity contribution in [2.24, 2.45) is 0 Å². The number of carbonyl (C=O) groups is 1. The highest BCUT2D eigenvalue weighted by atomic mass is 19.4. The summed E-state index contributed by atoms with van der Waals surface area (Å²) in [6.07, 6.45) is -4.26. The molecule has 2 nitrogen and oxygen atoms in total. The van der Waals surface area contributed by atoms with Crippen LogP contribution in [0, 0.1) is 5.82 Å². The first-order valence-electron chi connectivity index (χ1n) is 3.86. The van der Waals surface area contributed by atoms with E-state index in [9.17, 15) is 22.4 Å². The summed E-state index contributed by atoms with van der Waals surface area (Å²) < 4.78 is 52.3. The molecule has 0 saturated carbocycles. The van der Waals surface area contributed by atoms with Gasteiger partial charge in [-0.3, -0.25) is 4.79 Å². The van der Waals surface area contributed by atoms with Gasteiger partial charge in [0.25, 0.3) is 0 Å². The second-order valence-corrected chi connectivity index (χ2v) is 2.71. The first kappa shape index (κ1) is 11.5. The van der Waals surface area contributed by atoms with Crippen LogP contribution >= 0.6 is 0 Å². The van der Waals surface area contributed by atoms with E-state index < -0.39 is 18.6 Å². The maximum Gasteiger partial charge on any atom is 0.422 e. The fourth-order valence-corrected chi connectivity index (χ4v) is 0.867. The summed E-state index contributed by atoms with van der Waals surface area (Å²) in [6, 6.07) is 2.80. The molecule has 0 fully saturated rings. The zero-order chi connectivity index (χ0) is 11.5. The molecule has 0 bridgehead atoms. The molecule has 1 rings (SSSR count). The normalized spacial score (nSPS) is 11.2. The summed E-state index contributed by atoms with van der Waals surface area (Å²) >= 11 is 0. The third-order valence-corrected chi connectivity index (χ3v) is 1.50. The van der Waals surface area contributed by atoms with Gasteiger partial charge in [-0.1, -0.05) is 0 Å². The average Bonchev–Trinajstić information content (AvgIpc) is 2.15. The van der Waals surface area contributed by atoms with Crippen molar-refractivity contribution < 1.29 is 27.1 Å². The molecule has 0 aliphatic heterocycles. The standard InChI is InChI=1S/C9H6F4O2/c10-8-2-1-7(3-6(8)4-14)15-5-9(11,12)13/h1-4H,5H2. The van der Waals surface area contributed by atoms with Gasteiger partial charge in [-0.15, -0.1) is 0 Å². The van der Waals surface area contributed by atoms with E-state index in [1.165, 1.54) is 0 Å². The Hall–Kier alpha value is -1.59. The van der Waals surface area contributed by atoms with Crippen LogP contribution in [0.1, 0.15) is 10.4 Å². The molecule has 15 heavy (non-hydrogen) atoms. The summed E-state index contributed by atoms with van der Waals surface area (Å²) in [5.74, 6) is -1.000. The zero-order valence-corrected chi connectivity index (χ0v) is 7.34. The van der Waals surface area contributed by atoms with Crippen molar-refractivity contribution in [3.8, 4) is 5.75 Å². The van der Waals surface area contributed by atoms with Crippen molar-refractivity contribution in [3.63, 3.8) is 0 Å². The number of rotatable bonds is 3. The van der Waals surface area contributed by atoms with Crippen LogP contribution in [0.5, 0.6) is 5.75 Å². The molecule has 0 heterocycles. The lowest BCUT2D eigenvalue weighted by Crippen LogP contribution is -2.19. The number of ether oxygens (including phenoxy) is 1. The molecule has 0 saturated heterocycles. The highest BCUT2D eigenvalue weighted by Gasteiger charge is 2.28. The van der Waals surface area contributed by atoms with Crippen molar-refractivity contribution in [1.82, 2.24) is 0 Å². The molecule has 0 amide bonds. The van der Waals surface area contributed by atoms with Crippen molar-refractivity contribution in [1.29, 1.82) is 0 Å². The van der Waals surface area contributed by atoms with Crippen molar-refractivity contribution >= 4 is 6.29 Å². The van der Waals surface area contributed by atoms with E-state index in [1.807, 2.05) is 0 Å². The van der Waals surface area contributed by atoms with Crippen LogP contribution < -0.4 is 4.74 Å². The maximum atomic E-state index is 12.7. The smallest absolute Gasteiger partial charge is 0.422 e. The molecule has 0 atom stereocenters. The number of aldehydes is 1. The van der Waals surface area contributed by atoms with Crippen molar-refractivity contribution in [3.05, 3.63) is 29.6 Å². The number of carbonyl (C=O) groups excluding carboxylic acids is 1. The molecule has 0 N–H and O–H groups in total. The topological polar surface area (TPSA) is 26.3 Å². The van der Waals surface area contributed by atoms with E-state index in [4.69, 9.17) is 0 Å². The summed E-state index contributed by atoms with van der Waals surface area (Å²) in [7, 11) is 0. The van der Waals surface area contributed by atoms with Crippen LogP contribution in [-0.2, 0) is 0 Å². The second kappa shape index (κ2) is 4.29. The number of hydrogen-bond acceptors (Lipinski definition) is 2. The highest BCUT2D eigenvalue weighted by molar-refractivity contribution is 5.75. The summed E-state index contributed by atoms with van der Waals surface area (Å²) in [5.41, 5.74) is -0.338. The molecule has 0 aromatic heterocycles. The highest BCUT2D eigenvalue weighted by Crippen LogP contribution is 2.20. The lowest BCUT2D eigenvalue weighted by Gasteiger charge is -2.09. The fourth-order valence-electron chi connectivity index (χ4n) is 0.867. The van der Waals surface area contributed by atoms with Gasteiger partial charge in [-0.2, -0.15) is 13.2 Å². The molecule has 0 radical (unpaired) electrons. The van der Waals surface area contributed by atoms with E-state index >= 15 is 0 Å². The van der Waals surface area contributed by atoms with Crippen LogP contribution in [0.4, 0.5) is 17.6 Å². The Morgan fingerprint density at radius 1 is 1.33 bits per heavy atom. The minimum Gasteiger partial charge on any atom is -0.484 e. The fraction of sp³-hybridized carbons (Fsp3) is 0.222. The molecule has 1 aromatic carbocycles. The number of halogens is 4. The lowest BCUT2D eigenvalue weighted by molar-refractivity contribution is -0.153. The third kappa shape index (κ3) is 3.57. The molecule has 0 aliphatic carbocycles. The quantitative estimate of drug-likeness (QED) is 0.580. The molecule has 0 aliphatic rings. The Bertz CT molecular complexity index is 360. The average molecular weight is 222 g/mol. The lowest BCUT2D eigenvalue weighted by atomic mass is 10.2. The predicted octanol–water partition coefficient (Wildman–Crippen LogP) is 2.58. The van der Waals surface area contributed by atoms with Gasteiger partial charge in [0.05, 0.1) is 5.56 Å². The van der Waals surface area contributed by atoms with Gasteiger partial charge in [0, 0.05) is 0 Å². The van der Waals surface area contributed by atoms with Crippen LogP contribution in [-0.4, -0.2) is 19.1 Å².